The maximum absolute atomic E-state index is 13.3. The first-order valence-corrected chi connectivity index (χ1v) is 11.1. The second-order valence-electron chi connectivity index (χ2n) is 9.25. The van der Waals surface area contributed by atoms with Crippen LogP contribution >= 0.6 is 0 Å². The summed E-state index contributed by atoms with van der Waals surface area (Å²) in [5, 5.41) is 3.04. The van der Waals surface area contributed by atoms with Gasteiger partial charge in [-0.2, -0.15) is 0 Å². The summed E-state index contributed by atoms with van der Waals surface area (Å²) in [5.41, 5.74) is 3.91. The van der Waals surface area contributed by atoms with Crippen LogP contribution in [0.1, 0.15) is 44.5 Å². The van der Waals surface area contributed by atoms with Crippen LogP contribution in [-0.2, 0) is 18.4 Å². The summed E-state index contributed by atoms with van der Waals surface area (Å²) < 4.78 is 2.03. The Morgan fingerprint density at radius 1 is 0.935 bits per heavy atom. The quantitative estimate of drug-likeness (QED) is 0.625. The molecular formula is C25H38N4O2. The third-order valence-electron chi connectivity index (χ3n) is 5.25. The van der Waals surface area contributed by atoms with Crippen molar-refractivity contribution >= 4 is 17.6 Å². The van der Waals surface area contributed by atoms with E-state index in [4.69, 9.17) is 0 Å². The summed E-state index contributed by atoms with van der Waals surface area (Å²) in [6.07, 6.45) is 1.98. The van der Waals surface area contributed by atoms with E-state index in [1.807, 2.05) is 66.9 Å². The zero-order chi connectivity index (χ0) is 23.1. The standard InChI is InChI=1S/C25H38N4O2/c1-18(2)14-28(16-22-12-9-13-27(22)7)23(30)17-29(15-19(3)4)25(31)26-24-20(5)10-8-11-21(24)6/h8-13,18-19H,14-17H2,1-7H3,(H,26,31). The van der Waals surface area contributed by atoms with Crippen molar-refractivity contribution in [3.63, 3.8) is 0 Å². The van der Waals surface area contributed by atoms with Gasteiger partial charge in [-0.15, -0.1) is 0 Å². The van der Waals surface area contributed by atoms with Crippen LogP contribution in [0.15, 0.2) is 36.5 Å². The summed E-state index contributed by atoms with van der Waals surface area (Å²) in [6, 6.07) is 9.71. The number of carbonyl (C=O) groups is 2. The number of rotatable bonds is 9. The summed E-state index contributed by atoms with van der Waals surface area (Å²) in [6.45, 7) is 14.0. The minimum Gasteiger partial charge on any atom is -0.353 e. The van der Waals surface area contributed by atoms with Gasteiger partial charge in [-0.05, 0) is 48.9 Å². The summed E-state index contributed by atoms with van der Waals surface area (Å²) >= 11 is 0. The molecule has 0 fully saturated rings. The fourth-order valence-corrected chi connectivity index (χ4v) is 3.67. The molecule has 0 unspecified atom stereocenters. The van der Waals surface area contributed by atoms with Crippen LogP contribution in [0.2, 0.25) is 0 Å². The molecule has 6 heteroatoms. The van der Waals surface area contributed by atoms with E-state index in [1.54, 1.807) is 4.90 Å². The van der Waals surface area contributed by atoms with Gasteiger partial charge in [0.05, 0.1) is 6.54 Å². The number of nitrogens with zero attached hydrogens (tertiary/aromatic N) is 3. The van der Waals surface area contributed by atoms with E-state index in [-0.39, 0.29) is 24.4 Å². The minimum absolute atomic E-state index is 0.0350. The third-order valence-corrected chi connectivity index (χ3v) is 5.25. The van der Waals surface area contributed by atoms with Gasteiger partial charge >= 0.3 is 6.03 Å². The molecule has 0 aliphatic rings. The Kier molecular flexibility index (Phi) is 8.72. The van der Waals surface area contributed by atoms with Gasteiger partial charge in [0, 0.05) is 37.7 Å². The van der Waals surface area contributed by atoms with E-state index >= 15 is 0 Å². The van der Waals surface area contributed by atoms with Gasteiger partial charge in [0.2, 0.25) is 5.91 Å². The maximum Gasteiger partial charge on any atom is 0.322 e. The number of para-hydroxylation sites is 1. The molecule has 0 spiro atoms. The molecule has 1 N–H and O–H groups in total. The first-order chi connectivity index (χ1) is 14.6. The first-order valence-electron chi connectivity index (χ1n) is 11.1. The number of aromatic nitrogens is 1. The molecule has 0 bridgehead atoms. The number of hydrogen-bond acceptors (Lipinski definition) is 2. The van der Waals surface area contributed by atoms with Crippen LogP contribution in [0.3, 0.4) is 0 Å². The van der Waals surface area contributed by atoms with E-state index in [1.165, 1.54) is 0 Å². The van der Waals surface area contributed by atoms with Crippen molar-refractivity contribution < 1.29 is 9.59 Å². The largest absolute Gasteiger partial charge is 0.353 e. The van der Waals surface area contributed by atoms with Gasteiger partial charge in [0.15, 0.2) is 0 Å². The average molecular weight is 427 g/mol. The van der Waals surface area contributed by atoms with E-state index in [9.17, 15) is 9.59 Å². The van der Waals surface area contributed by atoms with Crippen LogP contribution in [0, 0.1) is 25.7 Å². The van der Waals surface area contributed by atoms with E-state index in [2.05, 4.69) is 33.0 Å². The fourth-order valence-electron chi connectivity index (χ4n) is 3.67. The molecule has 0 saturated carbocycles. The highest BCUT2D eigenvalue weighted by Crippen LogP contribution is 2.20. The van der Waals surface area contributed by atoms with Crippen molar-refractivity contribution in [2.45, 2.75) is 48.1 Å². The molecule has 0 aliphatic carbocycles. The number of carbonyl (C=O) groups excluding carboxylic acids is 2. The topological polar surface area (TPSA) is 57.6 Å². The van der Waals surface area contributed by atoms with E-state index < -0.39 is 0 Å². The Morgan fingerprint density at radius 2 is 1.52 bits per heavy atom. The zero-order valence-electron chi connectivity index (χ0n) is 20.1. The van der Waals surface area contributed by atoms with Crippen LogP contribution in [0.4, 0.5) is 10.5 Å². The van der Waals surface area contributed by atoms with Crippen molar-refractivity contribution in [3.05, 3.63) is 53.3 Å². The molecular weight excluding hydrogens is 388 g/mol. The van der Waals surface area contributed by atoms with Gasteiger partial charge in [-0.1, -0.05) is 45.9 Å². The van der Waals surface area contributed by atoms with Crippen LogP contribution in [-0.4, -0.2) is 45.9 Å². The van der Waals surface area contributed by atoms with Crippen LogP contribution < -0.4 is 5.32 Å². The lowest BCUT2D eigenvalue weighted by atomic mass is 10.1. The lowest BCUT2D eigenvalue weighted by Crippen LogP contribution is -2.46. The predicted octanol–water partition coefficient (Wildman–Crippen LogP) is 4.82. The Balaban J connectivity index is 2.18. The Bertz CT molecular complexity index is 865. The van der Waals surface area contributed by atoms with Crippen molar-refractivity contribution in [2.24, 2.45) is 18.9 Å². The molecule has 3 amide bonds. The van der Waals surface area contributed by atoms with Crippen molar-refractivity contribution in [1.29, 1.82) is 0 Å². The molecule has 2 rings (SSSR count). The molecule has 0 radical (unpaired) electrons. The molecule has 2 aromatic rings. The maximum atomic E-state index is 13.3. The third kappa shape index (κ3) is 7.16. The number of nitrogens with one attached hydrogen (secondary N) is 1. The summed E-state index contributed by atoms with van der Waals surface area (Å²) in [5.74, 6) is 0.557. The lowest BCUT2D eigenvalue weighted by Gasteiger charge is -2.30. The highest BCUT2D eigenvalue weighted by Gasteiger charge is 2.24. The van der Waals surface area contributed by atoms with E-state index in [0.717, 1.165) is 22.5 Å². The zero-order valence-corrected chi connectivity index (χ0v) is 20.1. The van der Waals surface area contributed by atoms with Gasteiger partial charge in [0.1, 0.15) is 6.54 Å². The van der Waals surface area contributed by atoms with Crippen LogP contribution in [0.5, 0.6) is 0 Å². The van der Waals surface area contributed by atoms with Gasteiger partial charge in [0.25, 0.3) is 0 Å². The molecule has 0 atom stereocenters. The van der Waals surface area contributed by atoms with Crippen molar-refractivity contribution in [1.82, 2.24) is 14.4 Å². The van der Waals surface area contributed by atoms with Gasteiger partial charge < -0.3 is 19.7 Å². The Morgan fingerprint density at radius 3 is 2.03 bits per heavy atom. The fraction of sp³-hybridized carbons (Fsp3) is 0.520. The lowest BCUT2D eigenvalue weighted by molar-refractivity contribution is -0.133. The SMILES string of the molecule is Cc1cccc(C)c1NC(=O)N(CC(=O)N(Cc1cccn1C)CC(C)C)CC(C)C. The highest BCUT2D eigenvalue weighted by atomic mass is 16.2. The number of benzene rings is 1. The monoisotopic (exact) mass is 426 g/mol. The van der Waals surface area contributed by atoms with Gasteiger partial charge in [-0.3, -0.25) is 4.79 Å². The number of anilines is 1. The second kappa shape index (κ2) is 11.0. The molecule has 1 aromatic carbocycles. The number of aryl methyl sites for hydroxylation is 3. The molecule has 0 aliphatic heterocycles. The molecule has 170 valence electrons. The highest BCUT2D eigenvalue weighted by molar-refractivity contribution is 5.93. The first kappa shape index (κ1) is 24.5. The number of hydrogen-bond donors (Lipinski definition) is 1. The normalized spacial score (nSPS) is 11.1. The molecule has 1 aromatic heterocycles. The smallest absolute Gasteiger partial charge is 0.322 e. The second-order valence-corrected chi connectivity index (χ2v) is 9.25. The Labute approximate surface area is 187 Å². The minimum atomic E-state index is -0.234. The Hall–Kier alpha value is -2.76. The number of amides is 3. The van der Waals surface area contributed by atoms with E-state index in [0.29, 0.717) is 25.6 Å². The van der Waals surface area contributed by atoms with Crippen LogP contribution in [0.25, 0.3) is 0 Å². The summed E-state index contributed by atoms with van der Waals surface area (Å²) in [7, 11) is 1.98. The van der Waals surface area contributed by atoms with Crippen molar-refractivity contribution in [3.8, 4) is 0 Å². The van der Waals surface area contributed by atoms with Crippen molar-refractivity contribution in [2.75, 3.05) is 25.0 Å². The molecule has 1 heterocycles. The molecule has 31 heavy (non-hydrogen) atoms. The average Bonchev–Trinajstić information content (AvgIpc) is 3.07. The number of urea groups is 1. The van der Waals surface area contributed by atoms with Gasteiger partial charge in [-0.25, -0.2) is 4.79 Å². The molecule has 0 saturated heterocycles. The predicted molar refractivity (Wildman–Crippen MR) is 127 cm³/mol. The summed E-state index contributed by atoms with van der Waals surface area (Å²) in [4.78, 5) is 29.9. The molecule has 6 nitrogen and oxygen atoms in total.